The molecule has 3 heteroatoms. The molecule has 0 amide bonds. The summed E-state index contributed by atoms with van der Waals surface area (Å²) in [6, 6.07) is 1.09. The fourth-order valence-electron chi connectivity index (χ4n) is 2.91. The Hall–Kier alpha value is -0.730. The van der Waals surface area contributed by atoms with Crippen molar-refractivity contribution in [2.24, 2.45) is 10.7 Å². The Morgan fingerprint density at radius 1 is 1.06 bits per heavy atom. The van der Waals surface area contributed by atoms with Crippen molar-refractivity contribution in [3.63, 3.8) is 0 Å². The van der Waals surface area contributed by atoms with Gasteiger partial charge in [0.1, 0.15) is 0 Å². The maximum Gasteiger partial charge on any atom is 0.191 e. The van der Waals surface area contributed by atoms with Crippen LogP contribution in [0.1, 0.15) is 58.3 Å². The van der Waals surface area contributed by atoms with Gasteiger partial charge in [-0.25, -0.2) is 4.99 Å². The fraction of sp³-hybridized carbons (Fsp3) is 0.923. The van der Waals surface area contributed by atoms with Crippen molar-refractivity contribution in [3.05, 3.63) is 0 Å². The lowest BCUT2D eigenvalue weighted by Gasteiger charge is -2.28. The summed E-state index contributed by atoms with van der Waals surface area (Å²) in [5.41, 5.74) is 6.16. The van der Waals surface area contributed by atoms with E-state index < -0.39 is 0 Å². The maximum atomic E-state index is 6.16. The highest BCUT2D eigenvalue weighted by molar-refractivity contribution is 5.78. The predicted molar refractivity (Wildman–Crippen MR) is 68.5 cm³/mol. The summed E-state index contributed by atoms with van der Waals surface area (Å²) in [5, 5.41) is 0. The summed E-state index contributed by atoms with van der Waals surface area (Å²) in [7, 11) is 0. The van der Waals surface area contributed by atoms with Gasteiger partial charge in [0.15, 0.2) is 5.96 Å². The van der Waals surface area contributed by atoms with Crippen LogP contribution in [0.4, 0.5) is 0 Å². The molecule has 2 N–H and O–H groups in total. The SMILES string of the molecule is CC1CCCCCN1C(N)=NC1CCCC1. The van der Waals surface area contributed by atoms with E-state index in [9.17, 15) is 0 Å². The Bertz CT molecular complexity index is 244. The monoisotopic (exact) mass is 223 g/mol. The average molecular weight is 223 g/mol. The summed E-state index contributed by atoms with van der Waals surface area (Å²) in [5.74, 6) is 0.807. The zero-order chi connectivity index (χ0) is 11.4. The third-order valence-corrected chi connectivity index (χ3v) is 3.99. The number of likely N-dealkylation sites (tertiary alicyclic amines) is 1. The van der Waals surface area contributed by atoms with Crippen molar-refractivity contribution in [1.82, 2.24) is 4.90 Å². The summed E-state index contributed by atoms with van der Waals surface area (Å²) in [6.07, 6.45) is 10.4. The van der Waals surface area contributed by atoms with Gasteiger partial charge in [0, 0.05) is 12.6 Å². The van der Waals surface area contributed by atoms with Gasteiger partial charge in [-0.1, -0.05) is 25.7 Å². The predicted octanol–water partition coefficient (Wildman–Crippen LogP) is 2.51. The van der Waals surface area contributed by atoms with Crippen molar-refractivity contribution >= 4 is 5.96 Å². The number of nitrogens with two attached hydrogens (primary N) is 1. The first-order valence-corrected chi connectivity index (χ1v) is 6.87. The van der Waals surface area contributed by atoms with Gasteiger partial charge in [-0.15, -0.1) is 0 Å². The van der Waals surface area contributed by atoms with Gasteiger partial charge in [0.2, 0.25) is 0 Å². The lowest BCUT2D eigenvalue weighted by atomic mass is 10.1. The molecule has 1 heterocycles. The van der Waals surface area contributed by atoms with E-state index in [1.165, 1.54) is 51.4 Å². The number of hydrogen-bond acceptors (Lipinski definition) is 1. The van der Waals surface area contributed by atoms with Crippen LogP contribution in [0, 0.1) is 0 Å². The molecule has 16 heavy (non-hydrogen) atoms. The molecule has 2 rings (SSSR count). The van der Waals surface area contributed by atoms with E-state index in [2.05, 4.69) is 11.8 Å². The standard InChI is InChI=1S/C13H25N3/c1-11-7-3-2-6-10-16(11)13(14)15-12-8-4-5-9-12/h11-12H,2-10H2,1H3,(H2,14,15). The highest BCUT2D eigenvalue weighted by atomic mass is 15.3. The molecule has 2 fully saturated rings. The van der Waals surface area contributed by atoms with E-state index in [1.54, 1.807) is 0 Å². The molecule has 92 valence electrons. The van der Waals surface area contributed by atoms with Crippen molar-refractivity contribution in [2.45, 2.75) is 70.4 Å². The fourth-order valence-corrected chi connectivity index (χ4v) is 2.91. The lowest BCUT2D eigenvalue weighted by Crippen LogP contribution is -2.43. The molecule has 0 bridgehead atoms. The van der Waals surface area contributed by atoms with Gasteiger partial charge in [-0.05, 0) is 32.6 Å². The van der Waals surface area contributed by atoms with Gasteiger partial charge in [0.05, 0.1) is 6.04 Å². The van der Waals surface area contributed by atoms with Gasteiger partial charge in [-0.2, -0.15) is 0 Å². The molecule has 0 spiro atoms. The highest BCUT2D eigenvalue weighted by Gasteiger charge is 2.20. The maximum absolute atomic E-state index is 6.16. The van der Waals surface area contributed by atoms with Crippen LogP contribution in [-0.4, -0.2) is 29.5 Å². The Balaban J connectivity index is 1.97. The second kappa shape index (κ2) is 5.55. The molecule has 1 saturated heterocycles. The Kier molecular flexibility index (Phi) is 4.08. The molecule has 0 radical (unpaired) electrons. The van der Waals surface area contributed by atoms with E-state index in [0.29, 0.717) is 12.1 Å². The molecule has 1 saturated carbocycles. The molecule has 0 aromatic rings. The molecule has 3 nitrogen and oxygen atoms in total. The van der Waals surface area contributed by atoms with E-state index in [1.807, 2.05) is 0 Å². The number of guanidine groups is 1. The zero-order valence-corrected chi connectivity index (χ0v) is 10.5. The normalized spacial score (nSPS) is 29.4. The van der Waals surface area contributed by atoms with Crippen molar-refractivity contribution in [2.75, 3.05) is 6.54 Å². The molecule has 1 unspecified atom stereocenters. The van der Waals surface area contributed by atoms with Crippen LogP contribution in [0.3, 0.4) is 0 Å². The van der Waals surface area contributed by atoms with Crippen LogP contribution in [0.5, 0.6) is 0 Å². The molecule has 0 aromatic heterocycles. The third kappa shape index (κ3) is 2.89. The lowest BCUT2D eigenvalue weighted by molar-refractivity contribution is 0.330. The average Bonchev–Trinajstić information content (AvgIpc) is 2.66. The van der Waals surface area contributed by atoms with Gasteiger partial charge >= 0.3 is 0 Å². The highest BCUT2D eigenvalue weighted by Crippen LogP contribution is 2.22. The van der Waals surface area contributed by atoms with E-state index >= 15 is 0 Å². The van der Waals surface area contributed by atoms with Gasteiger partial charge in [-0.3, -0.25) is 0 Å². The molecule has 1 aliphatic carbocycles. The molecular formula is C13H25N3. The topological polar surface area (TPSA) is 41.6 Å². The first kappa shape index (κ1) is 11.7. The molecular weight excluding hydrogens is 198 g/mol. The van der Waals surface area contributed by atoms with Gasteiger partial charge < -0.3 is 10.6 Å². The zero-order valence-electron chi connectivity index (χ0n) is 10.5. The minimum atomic E-state index is 0.510. The Morgan fingerprint density at radius 2 is 1.75 bits per heavy atom. The molecule has 0 aromatic carbocycles. The first-order valence-electron chi connectivity index (χ1n) is 6.87. The first-order chi connectivity index (χ1) is 7.77. The summed E-state index contributed by atoms with van der Waals surface area (Å²) >= 11 is 0. The van der Waals surface area contributed by atoms with E-state index in [4.69, 9.17) is 10.7 Å². The van der Waals surface area contributed by atoms with E-state index in [-0.39, 0.29) is 0 Å². The van der Waals surface area contributed by atoms with Crippen molar-refractivity contribution in [3.8, 4) is 0 Å². The van der Waals surface area contributed by atoms with E-state index in [0.717, 1.165) is 12.5 Å². The number of hydrogen-bond donors (Lipinski definition) is 1. The van der Waals surface area contributed by atoms with Crippen molar-refractivity contribution < 1.29 is 0 Å². The molecule has 1 aliphatic heterocycles. The summed E-state index contributed by atoms with van der Waals surface area (Å²) < 4.78 is 0. The smallest absolute Gasteiger partial charge is 0.191 e. The minimum Gasteiger partial charge on any atom is -0.370 e. The Morgan fingerprint density at radius 3 is 2.50 bits per heavy atom. The largest absolute Gasteiger partial charge is 0.370 e. The van der Waals surface area contributed by atoms with Gasteiger partial charge in [0.25, 0.3) is 0 Å². The summed E-state index contributed by atoms with van der Waals surface area (Å²) in [6.45, 7) is 3.38. The number of rotatable bonds is 1. The molecule has 2 aliphatic rings. The minimum absolute atomic E-state index is 0.510. The van der Waals surface area contributed by atoms with Crippen LogP contribution < -0.4 is 5.73 Å². The number of aliphatic imine (C=N–C) groups is 1. The third-order valence-electron chi connectivity index (χ3n) is 3.99. The number of nitrogens with zero attached hydrogens (tertiary/aromatic N) is 2. The van der Waals surface area contributed by atoms with Crippen LogP contribution >= 0.6 is 0 Å². The van der Waals surface area contributed by atoms with Crippen LogP contribution in [0.2, 0.25) is 0 Å². The van der Waals surface area contributed by atoms with Crippen LogP contribution in [0.25, 0.3) is 0 Å². The Labute approximate surface area is 99.1 Å². The second-order valence-corrected chi connectivity index (χ2v) is 5.32. The summed E-state index contributed by atoms with van der Waals surface area (Å²) in [4.78, 5) is 7.04. The molecule has 1 atom stereocenters. The van der Waals surface area contributed by atoms with Crippen LogP contribution in [-0.2, 0) is 0 Å². The van der Waals surface area contributed by atoms with Crippen LogP contribution in [0.15, 0.2) is 4.99 Å². The second-order valence-electron chi connectivity index (χ2n) is 5.32. The quantitative estimate of drug-likeness (QED) is 0.548. The van der Waals surface area contributed by atoms with Crippen molar-refractivity contribution in [1.29, 1.82) is 0 Å².